The third kappa shape index (κ3) is 6.29. The van der Waals surface area contributed by atoms with E-state index in [1.165, 1.54) is 0 Å². The van der Waals surface area contributed by atoms with E-state index in [2.05, 4.69) is 0 Å². The second kappa shape index (κ2) is 4.05. The van der Waals surface area contributed by atoms with Crippen molar-refractivity contribution in [1.82, 2.24) is 0 Å². The summed E-state index contributed by atoms with van der Waals surface area (Å²) in [5, 5.41) is 0. The molecule has 0 fully saturated rings. The maximum atomic E-state index is 13.2. The Morgan fingerprint density at radius 3 is 2.09 bits per heavy atom. The summed E-state index contributed by atoms with van der Waals surface area (Å²) in [6, 6.07) is 0. The molecule has 0 aromatic rings. The number of halogens is 1. The van der Waals surface area contributed by atoms with E-state index in [1.807, 2.05) is 20.8 Å². The Hall–Kier alpha value is -0.113. The van der Waals surface area contributed by atoms with E-state index >= 15 is 0 Å². The van der Waals surface area contributed by atoms with Gasteiger partial charge in [-0.15, -0.1) is 0 Å². The van der Waals surface area contributed by atoms with Gasteiger partial charge in [0, 0.05) is 1.37 Å². The molecule has 0 bridgehead atoms. The van der Waals surface area contributed by atoms with Crippen molar-refractivity contribution >= 4 is 8.41 Å². The third-order valence-corrected chi connectivity index (χ3v) is 2.61. The van der Waals surface area contributed by atoms with Gasteiger partial charge in [0.1, 0.15) is 0 Å². The first-order valence-electron chi connectivity index (χ1n) is 4.54. The van der Waals surface area contributed by atoms with Gasteiger partial charge in [0.25, 0.3) is 8.41 Å². The highest BCUT2D eigenvalue weighted by atomic mass is 28.4. The van der Waals surface area contributed by atoms with Crippen molar-refractivity contribution in [3.05, 3.63) is 11.8 Å². The summed E-state index contributed by atoms with van der Waals surface area (Å²) in [6.07, 6.45) is 1.70. The molecule has 0 aliphatic heterocycles. The molecule has 0 heterocycles. The zero-order valence-corrected chi connectivity index (χ0v) is 9.11. The van der Waals surface area contributed by atoms with Gasteiger partial charge in [-0.2, -0.15) is 0 Å². The molecule has 1 unspecified atom stereocenters. The highest BCUT2D eigenvalue weighted by Gasteiger charge is 2.15. The van der Waals surface area contributed by atoms with Crippen LogP contribution in [-0.4, -0.2) is 8.41 Å². The minimum Gasteiger partial charge on any atom is -0.309 e. The summed E-state index contributed by atoms with van der Waals surface area (Å²) in [6.45, 7) is 9.02. The molecule has 1 atom stereocenters. The fourth-order valence-electron chi connectivity index (χ4n) is 0.522. The topological polar surface area (TPSA) is 0 Å². The maximum absolute atomic E-state index is 13.2. The largest absolute Gasteiger partial charge is 0.309 e. The van der Waals surface area contributed by atoms with Gasteiger partial charge in [-0.05, 0) is 24.9 Å². The molecular formula is C9H19FSi. The minimum absolute atomic E-state index is 0.227. The zero-order valence-electron chi connectivity index (χ0n) is 9.11. The fraction of sp³-hybridized carbons (Fsp3) is 0.778. The van der Waals surface area contributed by atoms with Crippen LogP contribution in [0.1, 0.15) is 22.1 Å². The smallest absolute Gasteiger partial charge is 0.264 e. The molecule has 0 aromatic heterocycles. The normalized spacial score (nSPS) is 20.5. The van der Waals surface area contributed by atoms with Crippen LogP contribution in [0.5, 0.6) is 0 Å². The molecule has 0 rings (SSSR count). The molecule has 0 amide bonds. The number of allylic oxidation sites excluding steroid dienone is 1. The predicted molar refractivity (Wildman–Crippen MR) is 51.7 cm³/mol. The summed E-state index contributed by atoms with van der Waals surface area (Å²) >= 11 is 0. The van der Waals surface area contributed by atoms with Crippen molar-refractivity contribution in [1.29, 1.82) is 0 Å². The van der Waals surface area contributed by atoms with Crippen LogP contribution in [0.2, 0.25) is 13.1 Å². The molecule has 0 aromatic carbocycles. The number of hydrogen-bond donors (Lipinski definition) is 0. The molecule has 0 spiro atoms. The molecule has 0 aliphatic carbocycles. The van der Waals surface area contributed by atoms with Crippen LogP contribution in [0, 0.1) is 11.8 Å². The van der Waals surface area contributed by atoms with Gasteiger partial charge in [0.2, 0.25) is 0 Å². The Bertz CT molecular complexity index is 168. The van der Waals surface area contributed by atoms with Gasteiger partial charge in [-0.3, -0.25) is 0 Å². The third-order valence-electron chi connectivity index (χ3n) is 1.65. The van der Waals surface area contributed by atoms with Crippen LogP contribution in [0.25, 0.3) is 0 Å². The van der Waals surface area contributed by atoms with E-state index in [-0.39, 0.29) is 5.92 Å². The maximum Gasteiger partial charge on any atom is 0.264 e. The highest BCUT2D eigenvalue weighted by Crippen LogP contribution is 2.13. The van der Waals surface area contributed by atoms with E-state index in [0.29, 0.717) is 0 Å². The second-order valence-corrected chi connectivity index (χ2v) is 7.26. The van der Waals surface area contributed by atoms with Crippen molar-refractivity contribution in [2.75, 3.05) is 0 Å². The van der Waals surface area contributed by atoms with E-state index < -0.39 is 14.3 Å². The monoisotopic (exact) mass is 175 g/mol. The average Bonchev–Trinajstić information content (AvgIpc) is 1.82. The van der Waals surface area contributed by atoms with E-state index in [4.69, 9.17) is 1.37 Å². The lowest BCUT2D eigenvalue weighted by atomic mass is 9.99. The molecule has 0 aliphatic rings. The van der Waals surface area contributed by atoms with Crippen molar-refractivity contribution in [3.63, 3.8) is 0 Å². The molecule has 0 N–H and O–H groups in total. The Morgan fingerprint density at radius 2 is 1.82 bits per heavy atom. The standard InChI is InChI=1S/C9H19FSi/c1-8(2)9(3)6-7-11(4,5)10/h6-9H,1-5H3/b7-6+/i9D. The second-order valence-electron chi connectivity index (χ2n) is 3.80. The lowest BCUT2D eigenvalue weighted by molar-refractivity contribution is 0.504. The van der Waals surface area contributed by atoms with Crippen LogP contribution in [0.3, 0.4) is 0 Å². The van der Waals surface area contributed by atoms with Crippen molar-refractivity contribution in [2.24, 2.45) is 11.8 Å². The van der Waals surface area contributed by atoms with Crippen molar-refractivity contribution in [2.45, 2.75) is 33.9 Å². The molecule has 0 saturated carbocycles. The molecule has 0 saturated heterocycles. The quantitative estimate of drug-likeness (QED) is 0.454. The molecule has 11 heavy (non-hydrogen) atoms. The SMILES string of the molecule is [2H]C(C)(/C=C/[Si](C)(C)F)C(C)C. The lowest BCUT2D eigenvalue weighted by Crippen LogP contribution is -2.14. The summed E-state index contributed by atoms with van der Waals surface area (Å²) in [7, 11) is -2.61. The van der Waals surface area contributed by atoms with Gasteiger partial charge in [0.15, 0.2) is 0 Å². The summed E-state index contributed by atoms with van der Waals surface area (Å²) in [4.78, 5) is 0. The predicted octanol–water partition coefficient (Wildman–Crippen LogP) is 3.55. The Kier molecular flexibility index (Phi) is 3.30. The Balaban J connectivity index is 4.34. The van der Waals surface area contributed by atoms with E-state index in [9.17, 15) is 4.11 Å². The van der Waals surface area contributed by atoms with Gasteiger partial charge in [0.05, 0.1) is 0 Å². The van der Waals surface area contributed by atoms with Gasteiger partial charge in [-0.1, -0.05) is 32.5 Å². The van der Waals surface area contributed by atoms with Crippen LogP contribution < -0.4 is 0 Å². The summed E-state index contributed by atoms with van der Waals surface area (Å²) in [5.41, 5.74) is 1.60. The summed E-state index contributed by atoms with van der Waals surface area (Å²) in [5.74, 6) is -0.402. The molecule has 0 nitrogen and oxygen atoms in total. The van der Waals surface area contributed by atoms with Crippen molar-refractivity contribution in [3.8, 4) is 0 Å². The Morgan fingerprint density at radius 1 is 1.36 bits per heavy atom. The highest BCUT2D eigenvalue weighted by molar-refractivity contribution is 6.75. The van der Waals surface area contributed by atoms with Crippen molar-refractivity contribution < 1.29 is 5.48 Å². The first-order chi connectivity index (χ1) is 5.15. The van der Waals surface area contributed by atoms with E-state index in [0.717, 1.165) is 0 Å². The van der Waals surface area contributed by atoms with Crippen LogP contribution in [0.4, 0.5) is 4.11 Å². The average molecular weight is 175 g/mol. The first-order valence-corrected chi connectivity index (χ1v) is 7.00. The lowest BCUT2D eigenvalue weighted by Gasteiger charge is -2.11. The molecule has 0 radical (unpaired) electrons. The van der Waals surface area contributed by atoms with Crippen LogP contribution >= 0.6 is 0 Å². The minimum atomic E-state index is -2.61. The van der Waals surface area contributed by atoms with Crippen LogP contribution in [0.15, 0.2) is 11.8 Å². The fourth-order valence-corrected chi connectivity index (χ4v) is 1.18. The van der Waals surface area contributed by atoms with Gasteiger partial charge in [-0.25, -0.2) is 0 Å². The number of rotatable bonds is 3. The van der Waals surface area contributed by atoms with Crippen LogP contribution in [-0.2, 0) is 0 Å². The molecule has 2 heteroatoms. The zero-order chi connectivity index (χ0) is 9.99. The molecule has 66 valence electrons. The molecular weight excluding hydrogens is 155 g/mol. The van der Waals surface area contributed by atoms with Gasteiger partial charge < -0.3 is 4.11 Å². The number of hydrogen-bond acceptors (Lipinski definition) is 0. The summed E-state index contributed by atoms with van der Waals surface area (Å²) < 4.78 is 21.0. The van der Waals surface area contributed by atoms with Gasteiger partial charge >= 0.3 is 0 Å². The first kappa shape index (κ1) is 8.98. The Labute approximate surface area is 72.1 Å². The van der Waals surface area contributed by atoms with E-state index in [1.54, 1.807) is 24.9 Å².